The fourth-order valence-corrected chi connectivity index (χ4v) is 4.67. The minimum absolute atomic E-state index is 0.204. The number of carbonyl (C=O) groups is 2. The van der Waals surface area contributed by atoms with Crippen molar-refractivity contribution >= 4 is 55.6 Å². The Bertz CT molecular complexity index is 1280. The molecule has 164 valence electrons. The van der Waals surface area contributed by atoms with Crippen molar-refractivity contribution in [3.05, 3.63) is 58.7 Å². The van der Waals surface area contributed by atoms with Gasteiger partial charge in [-0.3, -0.25) is 4.79 Å². The van der Waals surface area contributed by atoms with Crippen LogP contribution in [0.5, 0.6) is 0 Å². The van der Waals surface area contributed by atoms with Gasteiger partial charge in [0.25, 0.3) is 5.91 Å². The number of carbonyl (C=O) groups excluding carboxylic acids is 1. The highest BCUT2D eigenvalue weighted by Crippen LogP contribution is 2.30. The Morgan fingerprint density at radius 3 is 2.53 bits per heavy atom. The maximum Gasteiger partial charge on any atom is 0.326 e. The van der Waals surface area contributed by atoms with E-state index in [4.69, 9.17) is 0 Å². The number of aliphatic carboxylic acids is 1. The van der Waals surface area contributed by atoms with E-state index in [9.17, 15) is 19.1 Å². The average Bonchev–Trinajstić information content (AvgIpc) is 3.38. The number of hydrogen-bond acceptors (Lipinski definition) is 7. The molecule has 2 heterocycles. The van der Waals surface area contributed by atoms with Gasteiger partial charge in [0.1, 0.15) is 11.9 Å². The van der Waals surface area contributed by atoms with Crippen molar-refractivity contribution in [2.45, 2.75) is 19.9 Å². The third kappa shape index (κ3) is 4.76. The summed E-state index contributed by atoms with van der Waals surface area (Å²) in [6.45, 7) is 3.46. The predicted molar refractivity (Wildman–Crippen MR) is 124 cm³/mol. The number of rotatable bonds is 7. The number of nitrogens with one attached hydrogen (secondary N) is 2. The first-order chi connectivity index (χ1) is 15.3. The largest absolute Gasteiger partial charge is 0.480 e. The van der Waals surface area contributed by atoms with Gasteiger partial charge in [0, 0.05) is 16.6 Å². The molecule has 2 aromatic heterocycles. The molecule has 1 atom stereocenters. The Kier molecular flexibility index (Phi) is 6.15. The number of carboxylic acids is 1. The van der Waals surface area contributed by atoms with Crippen molar-refractivity contribution in [1.29, 1.82) is 0 Å². The van der Waals surface area contributed by atoms with Crippen LogP contribution in [0.1, 0.15) is 23.6 Å². The quantitative estimate of drug-likeness (QED) is 0.345. The van der Waals surface area contributed by atoms with E-state index >= 15 is 0 Å². The summed E-state index contributed by atoms with van der Waals surface area (Å²) >= 11 is 2.52. The number of carboxylic acid groups (broad SMARTS) is 1. The highest BCUT2D eigenvalue weighted by molar-refractivity contribution is 7.22. The minimum Gasteiger partial charge on any atom is -0.480 e. The van der Waals surface area contributed by atoms with Crippen LogP contribution in [0.3, 0.4) is 0 Å². The lowest BCUT2D eigenvalue weighted by Crippen LogP contribution is -2.44. The smallest absolute Gasteiger partial charge is 0.326 e. The van der Waals surface area contributed by atoms with Crippen LogP contribution in [0.15, 0.2) is 47.8 Å². The van der Waals surface area contributed by atoms with Gasteiger partial charge in [-0.2, -0.15) is 0 Å². The number of amides is 1. The summed E-state index contributed by atoms with van der Waals surface area (Å²) in [5.41, 5.74) is 2.98. The number of hydrogen-bond donors (Lipinski definition) is 3. The Morgan fingerprint density at radius 2 is 1.84 bits per heavy atom. The molecular formula is C22H19FN4O3S2. The van der Waals surface area contributed by atoms with Gasteiger partial charge < -0.3 is 15.7 Å². The molecule has 0 saturated heterocycles. The fraction of sp³-hybridized carbons (Fsp3) is 0.182. The first-order valence-electron chi connectivity index (χ1n) is 9.73. The number of anilines is 2. The Labute approximate surface area is 191 Å². The molecule has 0 saturated carbocycles. The Hall–Kier alpha value is -3.37. The Balaban J connectivity index is 1.45. The van der Waals surface area contributed by atoms with Gasteiger partial charge in [0.15, 0.2) is 10.1 Å². The number of halogens is 1. The van der Waals surface area contributed by atoms with E-state index in [1.54, 1.807) is 25.3 Å². The van der Waals surface area contributed by atoms with Crippen molar-refractivity contribution < 1.29 is 19.1 Å². The van der Waals surface area contributed by atoms with Gasteiger partial charge in [-0.25, -0.2) is 19.2 Å². The molecule has 0 aliphatic carbocycles. The number of benzene rings is 2. The summed E-state index contributed by atoms with van der Waals surface area (Å²) in [5, 5.41) is 17.6. The lowest BCUT2D eigenvalue weighted by atomic mass is 10.1. The van der Waals surface area contributed by atoms with Crippen molar-refractivity contribution in [1.82, 2.24) is 15.3 Å². The standard InChI is InChI=1S/C22H19FN4O3S2/c1-11(2)18(21(29)30)27-19(28)20-25-16(10-31-20)12-3-6-14(7-4-12)24-22-26-15-8-5-13(23)9-17(15)32-22/h3-11,18H,1-2H3,(H,24,26)(H,27,28)(H,29,30). The SMILES string of the molecule is CC(C)C(NC(=O)c1nc(-c2ccc(Nc3nc4ccc(F)cc4s3)cc2)cs1)C(=O)O. The number of aromatic nitrogens is 2. The second kappa shape index (κ2) is 9.01. The van der Waals surface area contributed by atoms with Crippen LogP contribution in [-0.2, 0) is 4.79 Å². The first-order valence-corrected chi connectivity index (χ1v) is 11.4. The molecule has 10 heteroatoms. The topological polar surface area (TPSA) is 104 Å². The molecule has 32 heavy (non-hydrogen) atoms. The summed E-state index contributed by atoms with van der Waals surface area (Å²) in [6.07, 6.45) is 0. The molecule has 4 rings (SSSR count). The molecule has 4 aromatic rings. The zero-order chi connectivity index (χ0) is 22.8. The van der Waals surface area contributed by atoms with Gasteiger partial charge in [-0.05, 0) is 36.2 Å². The maximum absolute atomic E-state index is 13.4. The maximum atomic E-state index is 13.4. The molecule has 3 N–H and O–H groups in total. The second-order valence-corrected chi connectivity index (χ2v) is 9.29. The van der Waals surface area contributed by atoms with Gasteiger partial charge in [-0.1, -0.05) is 37.3 Å². The minimum atomic E-state index is -1.08. The normalized spacial score (nSPS) is 12.1. The van der Waals surface area contributed by atoms with Crippen molar-refractivity contribution in [3.8, 4) is 11.3 Å². The van der Waals surface area contributed by atoms with E-state index in [1.165, 1.54) is 23.5 Å². The highest BCUT2D eigenvalue weighted by atomic mass is 32.1. The van der Waals surface area contributed by atoms with Gasteiger partial charge in [0.05, 0.1) is 15.9 Å². The lowest BCUT2D eigenvalue weighted by Gasteiger charge is -2.16. The number of nitrogens with zero attached hydrogens (tertiary/aromatic N) is 2. The van der Waals surface area contributed by atoms with Gasteiger partial charge >= 0.3 is 5.97 Å². The van der Waals surface area contributed by atoms with Crippen LogP contribution < -0.4 is 10.6 Å². The molecule has 2 aromatic carbocycles. The number of thiazole rings is 2. The highest BCUT2D eigenvalue weighted by Gasteiger charge is 2.25. The van der Waals surface area contributed by atoms with Crippen molar-refractivity contribution in [2.24, 2.45) is 5.92 Å². The third-order valence-electron chi connectivity index (χ3n) is 4.70. The third-order valence-corrected chi connectivity index (χ3v) is 6.47. The lowest BCUT2D eigenvalue weighted by molar-refractivity contribution is -0.140. The molecule has 1 unspecified atom stereocenters. The summed E-state index contributed by atoms with van der Waals surface area (Å²) in [7, 11) is 0. The number of fused-ring (bicyclic) bond motifs is 1. The molecule has 0 aliphatic heterocycles. The van der Waals surface area contributed by atoms with E-state index in [0.717, 1.165) is 32.8 Å². The molecule has 0 aliphatic rings. The van der Waals surface area contributed by atoms with E-state index in [-0.39, 0.29) is 16.7 Å². The van der Waals surface area contributed by atoms with Gasteiger partial charge in [-0.15, -0.1) is 11.3 Å². The monoisotopic (exact) mass is 470 g/mol. The van der Waals surface area contributed by atoms with Gasteiger partial charge in [0.2, 0.25) is 0 Å². The zero-order valence-corrected chi connectivity index (χ0v) is 18.8. The van der Waals surface area contributed by atoms with E-state index < -0.39 is 17.9 Å². The summed E-state index contributed by atoms with van der Waals surface area (Å²) in [4.78, 5) is 32.5. The second-order valence-electron chi connectivity index (χ2n) is 7.40. The van der Waals surface area contributed by atoms with E-state index in [1.807, 2.05) is 24.3 Å². The summed E-state index contributed by atoms with van der Waals surface area (Å²) in [6, 6.07) is 11.0. The Morgan fingerprint density at radius 1 is 1.09 bits per heavy atom. The fourth-order valence-electron chi connectivity index (χ4n) is 3.03. The molecule has 0 radical (unpaired) electrons. The molecule has 0 fully saturated rings. The van der Waals surface area contributed by atoms with Crippen LogP contribution >= 0.6 is 22.7 Å². The van der Waals surface area contributed by atoms with Crippen molar-refractivity contribution in [2.75, 3.05) is 5.32 Å². The van der Waals surface area contributed by atoms with Crippen LogP contribution in [0, 0.1) is 11.7 Å². The average molecular weight is 471 g/mol. The molecule has 1 amide bonds. The van der Waals surface area contributed by atoms with E-state index in [0.29, 0.717) is 10.8 Å². The molecule has 7 nitrogen and oxygen atoms in total. The van der Waals surface area contributed by atoms with E-state index in [2.05, 4.69) is 20.6 Å². The first kappa shape index (κ1) is 21.8. The summed E-state index contributed by atoms with van der Waals surface area (Å²) in [5.74, 6) is -2.12. The zero-order valence-electron chi connectivity index (χ0n) is 17.1. The molecule has 0 bridgehead atoms. The van der Waals surface area contributed by atoms with Crippen molar-refractivity contribution in [3.63, 3.8) is 0 Å². The molecule has 0 spiro atoms. The molecular weight excluding hydrogens is 451 g/mol. The van der Waals surface area contributed by atoms with Crippen LogP contribution in [0.4, 0.5) is 15.2 Å². The van der Waals surface area contributed by atoms with Crippen LogP contribution in [0.2, 0.25) is 0 Å². The van der Waals surface area contributed by atoms with Crippen LogP contribution in [0.25, 0.3) is 21.5 Å². The predicted octanol–water partition coefficient (Wildman–Crippen LogP) is 5.14. The summed E-state index contributed by atoms with van der Waals surface area (Å²) < 4.78 is 14.1. The van der Waals surface area contributed by atoms with Crippen LogP contribution in [-0.4, -0.2) is 33.0 Å².